The number of carbonyl (C=O) groups excluding carboxylic acids is 1. The minimum atomic E-state index is -0.189. The van der Waals surface area contributed by atoms with Crippen LogP contribution in [0.2, 0.25) is 0 Å². The van der Waals surface area contributed by atoms with E-state index in [2.05, 4.69) is 26.4 Å². The topological polar surface area (TPSA) is 78.4 Å². The largest absolute Gasteiger partial charge is 0.271 e. The maximum Gasteiger partial charge on any atom is 0.258 e. The van der Waals surface area contributed by atoms with Gasteiger partial charge in [0.05, 0.1) is 6.21 Å². The molecule has 1 aliphatic heterocycles. The van der Waals surface area contributed by atoms with Crippen LogP contribution in [0.4, 0.5) is 0 Å². The molecule has 3 rings (SSSR count). The van der Waals surface area contributed by atoms with Crippen molar-refractivity contribution < 1.29 is 4.79 Å². The number of hydrogen-bond donors (Lipinski definition) is 3. The van der Waals surface area contributed by atoms with E-state index in [9.17, 15) is 4.79 Å². The first-order valence-corrected chi connectivity index (χ1v) is 7.08. The van der Waals surface area contributed by atoms with Gasteiger partial charge in [0.2, 0.25) is 0 Å². The number of hydrazone groups is 1. The van der Waals surface area contributed by atoms with Crippen molar-refractivity contribution in [3.8, 4) is 0 Å². The van der Waals surface area contributed by atoms with Crippen LogP contribution in [0.5, 0.6) is 0 Å². The van der Waals surface area contributed by atoms with E-state index >= 15 is 0 Å². The Balaban J connectivity index is 1.56. The third kappa shape index (κ3) is 2.86. The van der Waals surface area contributed by atoms with Gasteiger partial charge in [-0.1, -0.05) is 18.9 Å². The lowest BCUT2D eigenvalue weighted by Gasteiger charge is -2.26. The SMILES string of the molecule is O=C(N/N=C\c1cccnc1)C1NNC2CCCCC21. The molecule has 2 heterocycles. The summed E-state index contributed by atoms with van der Waals surface area (Å²) < 4.78 is 0. The zero-order valence-corrected chi connectivity index (χ0v) is 11.2. The molecule has 3 N–H and O–H groups in total. The second kappa shape index (κ2) is 6.11. The van der Waals surface area contributed by atoms with Crippen LogP contribution in [0, 0.1) is 5.92 Å². The van der Waals surface area contributed by atoms with Gasteiger partial charge in [-0.2, -0.15) is 5.10 Å². The standard InChI is InChI=1S/C14H19N5O/c20-14(19-16-9-10-4-3-7-15-8-10)13-11-5-1-2-6-12(11)17-18-13/h3-4,7-9,11-13,17-18H,1-2,5-6H2,(H,19,20)/b16-9-. The van der Waals surface area contributed by atoms with Gasteiger partial charge in [-0.05, 0) is 18.9 Å². The zero-order valence-electron chi connectivity index (χ0n) is 11.2. The molecule has 3 atom stereocenters. The van der Waals surface area contributed by atoms with Crippen molar-refractivity contribution in [2.75, 3.05) is 0 Å². The minimum Gasteiger partial charge on any atom is -0.271 e. The van der Waals surface area contributed by atoms with Crippen LogP contribution in [0.15, 0.2) is 29.6 Å². The number of nitrogens with one attached hydrogen (secondary N) is 3. The fraction of sp³-hybridized carbons (Fsp3) is 0.500. The molecule has 6 heteroatoms. The van der Waals surface area contributed by atoms with Gasteiger partial charge >= 0.3 is 0 Å². The number of aromatic nitrogens is 1. The summed E-state index contributed by atoms with van der Waals surface area (Å²) in [7, 11) is 0. The molecule has 0 bridgehead atoms. The molecule has 1 aliphatic carbocycles. The molecule has 106 valence electrons. The van der Waals surface area contributed by atoms with Gasteiger partial charge in [0.15, 0.2) is 0 Å². The van der Waals surface area contributed by atoms with Crippen molar-refractivity contribution in [2.24, 2.45) is 11.0 Å². The third-order valence-electron chi connectivity index (χ3n) is 4.03. The van der Waals surface area contributed by atoms with Crippen LogP contribution in [-0.2, 0) is 4.79 Å². The quantitative estimate of drug-likeness (QED) is 0.555. The highest BCUT2D eigenvalue weighted by atomic mass is 16.2. The molecule has 2 fully saturated rings. The van der Waals surface area contributed by atoms with E-state index in [-0.39, 0.29) is 11.9 Å². The highest BCUT2D eigenvalue weighted by Crippen LogP contribution is 2.29. The Labute approximate surface area is 118 Å². The van der Waals surface area contributed by atoms with Gasteiger partial charge in [-0.15, -0.1) is 0 Å². The van der Waals surface area contributed by atoms with Crippen molar-refractivity contribution in [3.05, 3.63) is 30.1 Å². The van der Waals surface area contributed by atoms with Crippen LogP contribution < -0.4 is 16.3 Å². The molecule has 0 aromatic carbocycles. The van der Waals surface area contributed by atoms with E-state index in [1.807, 2.05) is 12.1 Å². The maximum atomic E-state index is 12.1. The first-order valence-electron chi connectivity index (χ1n) is 7.08. The molecule has 0 spiro atoms. The number of fused-ring (bicyclic) bond motifs is 1. The maximum absolute atomic E-state index is 12.1. The Hall–Kier alpha value is -1.79. The average Bonchev–Trinajstić information content (AvgIpc) is 2.92. The number of amides is 1. The minimum absolute atomic E-state index is 0.0768. The van der Waals surface area contributed by atoms with Crippen LogP contribution in [0.25, 0.3) is 0 Å². The fourth-order valence-corrected chi connectivity index (χ4v) is 2.99. The average molecular weight is 273 g/mol. The molecule has 20 heavy (non-hydrogen) atoms. The summed E-state index contributed by atoms with van der Waals surface area (Å²) >= 11 is 0. The summed E-state index contributed by atoms with van der Waals surface area (Å²) in [5, 5.41) is 3.99. The molecule has 0 radical (unpaired) electrons. The molecule has 1 aromatic rings. The van der Waals surface area contributed by atoms with Gasteiger partial charge in [-0.25, -0.2) is 10.9 Å². The highest BCUT2D eigenvalue weighted by Gasteiger charge is 2.40. The molecular weight excluding hydrogens is 254 g/mol. The molecule has 3 unspecified atom stereocenters. The summed E-state index contributed by atoms with van der Waals surface area (Å²) in [5.74, 6) is 0.296. The van der Waals surface area contributed by atoms with Gasteiger partial charge in [-0.3, -0.25) is 15.2 Å². The lowest BCUT2D eigenvalue weighted by molar-refractivity contribution is -0.123. The van der Waals surface area contributed by atoms with Crippen LogP contribution in [0.3, 0.4) is 0 Å². The Morgan fingerprint density at radius 2 is 2.30 bits per heavy atom. The Morgan fingerprint density at radius 3 is 3.15 bits per heavy atom. The Morgan fingerprint density at radius 1 is 1.40 bits per heavy atom. The second-order valence-electron chi connectivity index (χ2n) is 5.34. The second-order valence-corrected chi connectivity index (χ2v) is 5.34. The Kier molecular flexibility index (Phi) is 4.03. The normalized spacial score (nSPS) is 29.3. The van der Waals surface area contributed by atoms with Gasteiger partial charge in [0.25, 0.3) is 5.91 Å². The summed E-state index contributed by atoms with van der Waals surface area (Å²) in [5.41, 5.74) is 9.79. The van der Waals surface area contributed by atoms with E-state index in [0.29, 0.717) is 12.0 Å². The van der Waals surface area contributed by atoms with Crippen LogP contribution in [-0.4, -0.2) is 29.2 Å². The number of hydrazine groups is 1. The predicted molar refractivity (Wildman–Crippen MR) is 75.8 cm³/mol. The first kappa shape index (κ1) is 13.2. The van der Waals surface area contributed by atoms with Crippen molar-refractivity contribution in [3.63, 3.8) is 0 Å². The summed E-state index contributed by atoms with van der Waals surface area (Å²) in [4.78, 5) is 16.1. The summed E-state index contributed by atoms with van der Waals surface area (Å²) in [6.07, 6.45) is 9.67. The summed E-state index contributed by atoms with van der Waals surface area (Å²) in [6, 6.07) is 3.95. The van der Waals surface area contributed by atoms with E-state index in [0.717, 1.165) is 18.4 Å². The van der Waals surface area contributed by atoms with Crippen molar-refractivity contribution in [1.29, 1.82) is 0 Å². The molecule has 2 aliphatic rings. The van der Waals surface area contributed by atoms with Crippen LogP contribution in [0.1, 0.15) is 31.2 Å². The first-order chi connectivity index (χ1) is 9.84. The predicted octanol–water partition coefficient (Wildman–Crippen LogP) is 0.567. The Bertz CT molecular complexity index is 490. The number of hydrogen-bond acceptors (Lipinski definition) is 5. The van der Waals surface area contributed by atoms with Gasteiger partial charge < -0.3 is 0 Å². The fourth-order valence-electron chi connectivity index (χ4n) is 2.99. The van der Waals surface area contributed by atoms with Crippen molar-refractivity contribution >= 4 is 12.1 Å². The summed E-state index contributed by atoms with van der Waals surface area (Å²) in [6.45, 7) is 0. The zero-order chi connectivity index (χ0) is 13.8. The molecule has 1 saturated heterocycles. The van der Waals surface area contributed by atoms with E-state index in [1.54, 1.807) is 18.6 Å². The molecule has 1 amide bonds. The van der Waals surface area contributed by atoms with Crippen LogP contribution >= 0.6 is 0 Å². The van der Waals surface area contributed by atoms with E-state index in [1.165, 1.54) is 12.8 Å². The number of carbonyl (C=O) groups is 1. The molecule has 6 nitrogen and oxygen atoms in total. The van der Waals surface area contributed by atoms with E-state index < -0.39 is 0 Å². The lowest BCUT2D eigenvalue weighted by atomic mass is 9.81. The van der Waals surface area contributed by atoms with Crippen molar-refractivity contribution in [2.45, 2.75) is 37.8 Å². The lowest BCUT2D eigenvalue weighted by Crippen LogP contribution is -2.44. The monoisotopic (exact) mass is 273 g/mol. The van der Waals surface area contributed by atoms with Gasteiger partial charge in [0, 0.05) is 29.9 Å². The van der Waals surface area contributed by atoms with Gasteiger partial charge in [0.1, 0.15) is 6.04 Å². The number of nitrogens with zero attached hydrogens (tertiary/aromatic N) is 2. The molecule has 1 aromatic heterocycles. The highest BCUT2D eigenvalue weighted by molar-refractivity contribution is 5.85. The smallest absolute Gasteiger partial charge is 0.258 e. The third-order valence-corrected chi connectivity index (χ3v) is 4.03. The molecular formula is C14H19N5O. The molecule has 1 saturated carbocycles. The number of rotatable bonds is 3. The number of pyridine rings is 1. The van der Waals surface area contributed by atoms with Crippen molar-refractivity contribution in [1.82, 2.24) is 21.3 Å². The van der Waals surface area contributed by atoms with E-state index in [4.69, 9.17) is 0 Å².